The molecule has 0 aliphatic heterocycles. The van der Waals surface area contributed by atoms with Crippen molar-refractivity contribution < 1.29 is 0 Å². The van der Waals surface area contributed by atoms with Crippen LogP contribution in [0.1, 0.15) is 0 Å². The molecule has 66 valence electrons. The summed E-state index contributed by atoms with van der Waals surface area (Å²) in [6.07, 6.45) is 1.90. The van der Waals surface area contributed by atoms with E-state index in [2.05, 4.69) is 20.9 Å². The zero-order valence-corrected chi connectivity index (χ0v) is 8.51. The van der Waals surface area contributed by atoms with E-state index in [0.717, 1.165) is 15.6 Å². The van der Waals surface area contributed by atoms with Crippen molar-refractivity contribution in [2.24, 2.45) is 0 Å². The molecule has 2 rings (SSSR count). The van der Waals surface area contributed by atoms with E-state index in [1.165, 1.54) is 0 Å². The van der Waals surface area contributed by atoms with Gasteiger partial charge in [-0.3, -0.25) is 0 Å². The lowest BCUT2D eigenvalue weighted by atomic mass is 10.1. The van der Waals surface area contributed by atoms with Gasteiger partial charge in [0.2, 0.25) is 0 Å². The number of aromatic nitrogens is 1. The zero-order valence-electron chi connectivity index (χ0n) is 6.92. The summed E-state index contributed by atoms with van der Waals surface area (Å²) in [7, 11) is 0. The van der Waals surface area contributed by atoms with Crippen LogP contribution >= 0.6 is 15.9 Å². The zero-order chi connectivity index (χ0) is 9.26. The van der Waals surface area contributed by atoms with E-state index in [-0.39, 0.29) is 0 Å². The molecule has 1 aromatic carbocycles. The maximum Gasteiger partial charge on any atom is 0.101 e. The van der Waals surface area contributed by atoms with E-state index >= 15 is 0 Å². The predicted octanol–water partition coefficient (Wildman–Crippen LogP) is 3.03. The van der Waals surface area contributed by atoms with Gasteiger partial charge in [0.05, 0.1) is 0 Å². The second kappa shape index (κ2) is 3.26. The topological polar surface area (TPSA) is 41.8 Å². The maximum absolute atomic E-state index is 5.58. The minimum atomic E-state index is 0.693. The Morgan fingerprint density at radius 1 is 1.08 bits per heavy atom. The number of aromatic amines is 1. The van der Waals surface area contributed by atoms with Gasteiger partial charge in [-0.15, -0.1) is 0 Å². The van der Waals surface area contributed by atoms with Crippen molar-refractivity contribution in [3.63, 3.8) is 0 Å². The lowest BCUT2D eigenvalue weighted by Gasteiger charge is -1.96. The van der Waals surface area contributed by atoms with Gasteiger partial charge in [0.1, 0.15) is 5.82 Å². The molecule has 0 saturated heterocycles. The molecule has 2 aromatic rings. The van der Waals surface area contributed by atoms with Gasteiger partial charge in [-0.05, 0) is 23.8 Å². The van der Waals surface area contributed by atoms with Crippen LogP contribution in [0.4, 0.5) is 5.82 Å². The SMILES string of the molecule is Nc1cc(-c2ccc(Br)cc2)c[nH]1. The molecule has 0 bridgehead atoms. The third-order valence-corrected chi connectivity index (χ3v) is 2.41. The summed E-state index contributed by atoms with van der Waals surface area (Å²) >= 11 is 3.39. The van der Waals surface area contributed by atoms with Gasteiger partial charge in [-0.1, -0.05) is 28.1 Å². The average Bonchev–Trinajstić information content (AvgIpc) is 2.53. The van der Waals surface area contributed by atoms with Gasteiger partial charge < -0.3 is 10.7 Å². The van der Waals surface area contributed by atoms with Crippen LogP contribution in [0.3, 0.4) is 0 Å². The van der Waals surface area contributed by atoms with Gasteiger partial charge >= 0.3 is 0 Å². The molecule has 3 heteroatoms. The molecule has 13 heavy (non-hydrogen) atoms. The number of anilines is 1. The number of nitrogens with one attached hydrogen (secondary N) is 1. The quantitative estimate of drug-likeness (QED) is 0.786. The van der Waals surface area contributed by atoms with Crippen LogP contribution in [0.25, 0.3) is 11.1 Å². The fraction of sp³-hybridized carbons (Fsp3) is 0. The Kier molecular flexibility index (Phi) is 2.10. The van der Waals surface area contributed by atoms with Crippen LogP contribution in [0, 0.1) is 0 Å². The van der Waals surface area contributed by atoms with Gasteiger partial charge in [-0.2, -0.15) is 0 Å². The van der Waals surface area contributed by atoms with Crippen molar-refractivity contribution in [1.29, 1.82) is 0 Å². The highest BCUT2D eigenvalue weighted by molar-refractivity contribution is 9.10. The van der Waals surface area contributed by atoms with Gasteiger partial charge in [-0.25, -0.2) is 0 Å². The van der Waals surface area contributed by atoms with E-state index in [9.17, 15) is 0 Å². The number of rotatable bonds is 1. The molecule has 0 aliphatic carbocycles. The second-order valence-electron chi connectivity index (χ2n) is 2.85. The smallest absolute Gasteiger partial charge is 0.101 e. The molecule has 1 heterocycles. The Hall–Kier alpha value is -1.22. The van der Waals surface area contributed by atoms with Crippen LogP contribution in [0.2, 0.25) is 0 Å². The lowest BCUT2D eigenvalue weighted by Crippen LogP contribution is -1.79. The Morgan fingerprint density at radius 2 is 1.77 bits per heavy atom. The number of nitrogens with two attached hydrogens (primary N) is 1. The van der Waals surface area contributed by atoms with Gasteiger partial charge in [0, 0.05) is 16.2 Å². The Labute approximate surface area is 84.9 Å². The van der Waals surface area contributed by atoms with Crippen molar-refractivity contribution in [3.05, 3.63) is 41.0 Å². The number of H-pyrrole nitrogens is 1. The van der Waals surface area contributed by atoms with Crippen LogP contribution in [-0.4, -0.2) is 4.98 Å². The molecule has 0 fully saturated rings. The number of halogens is 1. The van der Waals surface area contributed by atoms with Crippen molar-refractivity contribution >= 4 is 21.7 Å². The number of hydrogen-bond acceptors (Lipinski definition) is 1. The highest BCUT2D eigenvalue weighted by Crippen LogP contribution is 2.22. The molecule has 0 atom stereocenters. The standard InChI is InChI=1S/C10H9BrN2/c11-9-3-1-7(2-4-9)8-5-10(12)13-6-8/h1-6,13H,12H2. The first-order chi connectivity index (χ1) is 6.25. The number of nitrogen functional groups attached to an aromatic ring is 1. The third-order valence-electron chi connectivity index (χ3n) is 1.88. The molecule has 2 nitrogen and oxygen atoms in total. The van der Waals surface area contributed by atoms with E-state index in [0.29, 0.717) is 5.82 Å². The fourth-order valence-corrected chi connectivity index (χ4v) is 1.49. The molecule has 0 aliphatic rings. The molecular formula is C10H9BrN2. The summed E-state index contributed by atoms with van der Waals surface area (Å²) in [5, 5.41) is 0. The first-order valence-electron chi connectivity index (χ1n) is 3.95. The third kappa shape index (κ3) is 1.75. The highest BCUT2D eigenvalue weighted by atomic mass is 79.9. The minimum absolute atomic E-state index is 0.693. The summed E-state index contributed by atoms with van der Waals surface area (Å²) in [5.74, 6) is 0.693. The predicted molar refractivity (Wildman–Crippen MR) is 58.3 cm³/mol. The van der Waals surface area contributed by atoms with Gasteiger partial charge in [0.25, 0.3) is 0 Å². The average molecular weight is 237 g/mol. The largest absolute Gasteiger partial charge is 0.385 e. The van der Waals surface area contributed by atoms with Crippen molar-refractivity contribution in [3.8, 4) is 11.1 Å². The molecule has 0 unspecified atom stereocenters. The van der Waals surface area contributed by atoms with E-state index < -0.39 is 0 Å². The first kappa shape index (κ1) is 8.38. The Bertz CT molecular complexity index is 403. The van der Waals surface area contributed by atoms with Gasteiger partial charge in [0.15, 0.2) is 0 Å². The lowest BCUT2D eigenvalue weighted by molar-refractivity contribution is 1.42. The number of benzene rings is 1. The summed E-state index contributed by atoms with van der Waals surface area (Å²) in [6, 6.07) is 10.0. The van der Waals surface area contributed by atoms with Crippen molar-refractivity contribution in [2.45, 2.75) is 0 Å². The summed E-state index contributed by atoms with van der Waals surface area (Å²) in [6.45, 7) is 0. The molecule has 0 saturated carbocycles. The number of hydrogen-bond donors (Lipinski definition) is 2. The van der Waals surface area contributed by atoms with E-state index in [4.69, 9.17) is 5.73 Å². The van der Waals surface area contributed by atoms with Crippen LogP contribution < -0.4 is 5.73 Å². The minimum Gasteiger partial charge on any atom is -0.385 e. The maximum atomic E-state index is 5.58. The monoisotopic (exact) mass is 236 g/mol. The molecular weight excluding hydrogens is 228 g/mol. The second-order valence-corrected chi connectivity index (χ2v) is 3.77. The van der Waals surface area contributed by atoms with E-state index in [1.54, 1.807) is 0 Å². The Balaban J connectivity index is 2.41. The summed E-state index contributed by atoms with van der Waals surface area (Å²) in [5.41, 5.74) is 7.86. The Morgan fingerprint density at radius 3 is 2.31 bits per heavy atom. The van der Waals surface area contributed by atoms with Crippen LogP contribution in [-0.2, 0) is 0 Å². The molecule has 0 radical (unpaired) electrons. The molecule has 3 N–H and O–H groups in total. The normalized spacial score (nSPS) is 10.2. The van der Waals surface area contributed by atoms with Crippen LogP contribution in [0.15, 0.2) is 41.0 Å². The van der Waals surface area contributed by atoms with E-state index in [1.807, 2.05) is 36.5 Å². The highest BCUT2D eigenvalue weighted by Gasteiger charge is 1.98. The van der Waals surface area contributed by atoms with Crippen molar-refractivity contribution in [2.75, 3.05) is 5.73 Å². The summed E-state index contributed by atoms with van der Waals surface area (Å²) < 4.78 is 1.08. The molecule has 0 amide bonds. The molecule has 0 spiro atoms. The fourth-order valence-electron chi connectivity index (χ4n) is 1.22. The molecule has 1 aromatic heterocycles. The summed E-state index contributed by atoms with van der Waals surface area (Å²) in [4.78, 5) is 2.95. The van der Waals surface area contributed by atoms with Crippen LogP contribution in [0.5, 0.6) is 0 Å². The van der Waals surface area contributed by atoms with Crippen molar-refractivity contribution in [1.82, 2.24) is 4.98 Å². The first-order valence-corrected chi connectivity index (χ1v) is 4.75.